The summed E-state index contributed by atoms with van der Waals surface area (Å²) in [7, 11) is 0. The Morgan fingerprint density at radius 1 is 1.03 bits per heavy atom. The Morgan fingerprint density at radius 3 is 2.52 bits per heavy atom. The van der Waals surface area contributed by atoms with Gasteiger partial charge < -0.3 is 10.4 Å². The highest BCUT2D eigenvalue weighted by Gasteiger charge is 2.26. The topological polar surface area (TPSA) is 49.3 Å². The second kappa shape index (κ2) is 10.5. The van der Waals surface area contributed by atoms with E-state index in [0.717, 1.165) is 11.0 Å². The number of fused-ring (bicyclic) bond motifs is 1. The van der Waals surface area contributed by atoms with Crippen LogP contribution in [0.4, 0.5) is 5.69 Å². The number of benzene rings is 2. The fourth-order valence-corrected chi connectivity index (χ4v) is 4.46. The first-order chi connectivity index (χ1) is 15.7. The van der Waals surface area contributed by atoms with Gasteiger partial charge in [0, 0.05) is 22.5 Å². The number of hydrogen-bond acceptors (Lipinski definition) is 2. The molecule has 2 aromatic rings. The number of aromatic hydroxyl groups is 1. The van der Waals surface area contributed by atoms with Crippen molar-refractivity contribution in [2.24, 2.45) is 5.41 Å². The largest absolute Gasteiger partial charge is 0.507 e. The van der Waals surface area contributed by atoms with Gasteiger partial charge in [-0.25, -0.2) is 0 Å². The number of amides is 1. The molecule has 172 valence electrons. The van der Waals surface area contributed by atoms with Crippen molar-refractivity contribution in [3.05, 3.63) is 95.1 Å². The standard InChI is InChI=1S/C30H35NO2/c1-21(17-18-26-23(3)12-9-19-30(26,4)5)10-6-11-22(2)20-29(33)31-27-15-7-14-25-24(27)13-8-16-28(25)32/h6-8,10-11,13-18,20,32H,9,12,19H2,1-5H3,(H,31,33). The molecule has 0 aromatic heterocycles. The van der Waals surface area contributed by atoms with Crippen LogP contribution >= 0.6 is 0 Å². The summed E-state index contributed by atoms with van der Waals surface area (Å²) < 4.78 is 0. The Morgan fingerprint density at radius 2 is 1.76 bits per heavy atom. The molecule has 33 heavy (non-hydrogen) atoms. The summed E-state index contributed by atoms with van der Waals surface area (Å²) in [6, 6.07) is 10.8. The number of anilines is 1. The average Bonchev–Trinajstić information content (AvgIpc) is 2.73. The average molecular weight is 442 g/mol. The lowest BCUT2D eigenvalue weighted by Crippen LogP contribution is -2.19. The Bertz CT molecular complexity index is 1190. The first kappa shape index (κ1) is 24.3. The highest BCUT2D eigenvalue weighted by atomic mass is 16.3. The Hall–Kier alpha value is -3.33. The minimum Gasteiger partial charge on any atom is -0.507 e. The number of carbonyl (C=O) groups is 1. The molecule has 0 fully saturated rings. The molecule has 0 aliphatic heterocycles. The molecule has 0 radical (unpaired) electrons. The third-order valence-electron chi connectivity index (χ3n) is 6.29. The van der Waals surface area contributed by atoms with E-state index in [1.54, 1.807) is 18.2 Å². The van der Waals surface area contributed by atoms with Gasteiger partial charge >= 0.3 is 0 Å². The van der Waals surface area contributed by atoms with Crippen molar-refractivity contribution < 1.29 is 9.90 Å². The Labute approximate surface area is 197 Å². The fraction of sp³-hybridized carbons (Fsp3) is 0.300. The van der Waals surface area contributed by atoms with E-state index in [4.69, 9.17) is 0 Å². The second-order valence-corrected chi connectivity index (χ2v) is 9.59. The lowest BCUT2D eigenvalue weighted by Gasteiger charge is -2.32. The summed E-state index contributed by atoms with van der Waals surface area (Å²) >= 11 is 0. The second-order valence-electron chi connectivity index (χ2n) is 9.59. The maximum atomic E-state index is 12.5. The van der Waals surface area contributed by atoms with E-state index in [9.17, 15) is 9.90 Å². The van der Waals surface area contributed by atoms with Crippen molar-refractivity contribution in [2.45, 2.75) is 53.9 Å². The quantitative estimate of drug-likeness (QED) is 0.352. The van der Waals surface area contributed by atoms with Crippen LogP contribution in [-0.4, -0.2) is 11.0 Å². The zero-order valence-corrected chi connectivity index (χ0v) is 20.4. The molecular formula is C30H35NO2. The third-order valence-corrected chi connectivity index (χ3v) is 6.29. The number of phenols is 1. The first-order valence-corrected chi connectivity index (χ1v) is 11.6. The monoisotopic (exact) mass is 441 g/mol. The number of phenolic OH excluding ortho intramolecular Hbond substituents is 1. The SMILES string of the molecule is CC(C=CC1=C(C)CCCC1(C)C)=CC=CC(C)=CC(=O)Nc1cccc2c(O)cccc12. The van der Waals surface area contributed by atoms with Crippen LogP contribution in [0.1, 0.15) is 53.9 Å². The predicted molar refractivity (Wildman–Crippen MR) is 140 cm³/mol. The van der Waals surface area contributed by atoms with Gasteiger partial charge in [-0.15, -0.1) is 0 Å². The molecule has 0 heterocycles. The lowest BCUT2D eigenvalue weighted by atomic mass is 9.72. The van der Waals surface area contributed by atoms with Gasteiger partial charge in [0.05, 0.1) is 0 Å². The minimum absolute atomic E-state index is 0.199. The van der Waals surface area contributed by atoms with Crippen molar-refractivity contribution in [1.29, 1.82) is 0 Å². The Balaban J connectivity index is 1.65. The van der Waals surface area contributed by atoms with Crippen LogP contribution in [0.15, 0.2) is 95.1 Å². The van der Waals surface area contributed by atoms with Crippen molar-refractivity contribution in [2.75, 3.05) is 5.32 Å². The molecule has 3 heteroatoms. The first-order valence-electron chi connectivity index (χ1n) is 11.6. The van der Waals surface area contributed by atoms with Crippen molar-refractivity contribution in [3.63, 3.8) is 0 Å². The number of nitrogens with one attached hydrogen (secondary N) is 1. The molecule has 0 saturated heterocycles. The summed E-state index contributed by atoms with van der Waals surface area (Å²) in [4.78, 5) is 12.5. The Kier molecular flexibility index (Phi) is 7.75. The van der Waals surface area contributed by atoms with E-state index in [2.05, 4.69) is 51.2 Å². The molecular weight excluding hydrogens is 406 g/mol. The molecule has 1 aliphatic carbocycles. The van der Waals surface area contributed by atoms with Gasteiger partial charge in [0.2, 0.25) is 5.91 Å². The van der Waals surface area contributed by atoms with E-state index < -0.39 is 0 Å². The highest BCUT2D eigenvalue weighted by Crippen LogP contribution is 2.40. The molecule has 0 unspecified atom stereocenters. The summed E-state index contributed by atoms with van der Waals surface area (Å²) in [6.07, 6.45) is 15.7. The van der Waals surface area contributed by atoms with E-state index in [0.29, 0.717) is 11.1 Å². The lowest BCUT2D eigenvalue weighted by molar-refractivity contribution is -0.111. The highest BCUT2D eigenvalue weighted by molar-refractivity contribution is 6.07. The number of allylic oxidation sites excluding steroid dienone is 9. The maximum Gasteiger partial charge on any atom is 0.248 e. The molecule has 0 atom stereocenters. The van der Waals surface area contributed by atoms with Gasteiger partial charge in [0.15, 0.2) is 0 Å². The number of carbonyl (C=O) groups excluding carboxylic acids is 1. The molecule has 0 saturated carbocycles. The summed E-state index contributed by atoms with van der Waals surface area (Å²) in [5.74, 6) is 0.00324. The van der Waals surface area contributed by atoms with E-state index >= 15 is 0 Å². The molecule has 2 N–H and O–H groups in total. The summed E-state index contributed by atoms with van der Waals surface area (Å²) in [5, 5.41) is 14.5. The van der Waals surface area contributed by atoms with Gasteiger partial charge in [0.25, 0.3) is 0 Å². The molecule has 0 bridgehead atoms. The van der Waals surface area contributed by atoms with Crippen LogP contribution in [0, 0.1) is 5.41 Å². The van der Waals surface area contributed by atoms with Gasteiger partial charge in [-0.1, -0.05) is 79.6 Å². The van der Waals surface area contributed by atoms with Crippen LogP contribution < -0.4 is 5.32 Å². The van der Waals surface area contributed by atoms with Crippen LogP contribution in [0.3, 0.4) is 0 Å². The smallest absolute Gasteiger partial charge is 0.248 e. The normalized spacial score (nSPS) is 17.4. The van der Waals surface area contributed by atoms with Crippen LogP contribution in [0.5, 0.6) is 5.75 Å². The molecule has 2 aromatic carbocycles. The van der Waals surface area contributed by atoms with E-state index in [-0.39, 0.29) is 17.1 Å². The van der Waals surface area contributed by atoms with Gasteiger partial charge in [0.1, 0.15) is 5.75 Å². The molecule has 1 amide bonds. The van der Waals surface area contributed by atoms with Gasteiger partial charge in [-0.2, -0.15) is 0 Å². The molecule has 3 nitrogen and oxygen atoms in total. The summed E-state index contributed by atoms with van der Waals surface area (Å²) in [5.41, 5.74) is 5.90. The fourth-order valence-electron chi connectivity index (χ4n) is 4.46. The number of hydrogen-bond donors (Lipinski definition) is 2. The summed E-state index contributed by atoms with van der Waals surface area (Å²) in [6.45, 7) is 10.9. The molecule has 3 rings (SSSR count). The zero-order valence-electron chi connectivity index (χ0n) is 20.4. The predicted octanol–water partition coefficient (Wildman–Crippen LogP) is 8.02. The molecule has 0 spiro atoms. The van der Waals surface area contributed by atoms with Gasteiger partial charge in [-0.3, -0.25) is 4.79 Å². The number of rotatable bonds is 6. The van der Waals surface area contributed by atoms with E-state index in [1.165, 1.54) is 36.0 Å². The van der Waals surface area contributed by atoms with Crippen molar-refractivity contribution >= 4 is 22.4 Å². The third kappa shape index (κ3) is 6.35. The van der Waals surface area contributed by atoms with Crippen LogP contribution in [-0.2, 0) is 4.79 Å². The van der Waals surface area contributed by atoms with Gasteiger partial charge in [-0.05, 0) is 68.7 Å². The van der Waals surface area contributed by atoms with Crippen LogP contribution in [0.2, 0.25) is 0 Å². The van der Waals surface area contributed by atoms with Crippen LogP contribution in [0.25, 0.3) is 10.8 Å². The minimum atomic E-state index is -0.199. The van der Waals surface area contributed by atoms with E-state index in [1.807, 2.05) is 43.3 Å². The van der Waals surface area contributed by atoms with Crippen molar-refractivity contribution in [1.82, 2.24) is 0 Å². The zero-order chi connectivity index (χ0) is 24.0. The van der Waals surface area contributed by atoms with Crippen molar-refractivity contribution in [3.8, 4) is 5.75 Å². The molecule has 1 aliphatic rings. The maximum absolute atomic E-state index is 12.5.